The highest BCUT2D eigenvalue weighted by Gasteiger charge is 2.62. The van der Waals surface area contributed by atoms with Gasteiger partial charge >= 0.3 is 0 Å². The van der Waals surface area contributed by atoms with Gasteiger partial charge < -0.3 is 14.3 Å². The molecule has 6 heteroatoms. The number of β-lactam (4-membered cyclic amide) rings is 1. The SMILES string of the molecule is Cc1cc(C(=O)N2CCC(N3C(=O)C4(CCCCC4)C3c3ccccc3)CC2)on1. The summed E-state index contributed by atoms with van der Waals surface area (Å²) >= 11 is 0. The fourth-order valence-electron chi connectivity index (χ4n) is 5.82. The zero-order valence-corrected chi connectivity index (χ0v) is 17.5. The number of carbonyl (C=O) groups is 2. The van der Waals surface area contributed by atoms with Gasteiger partial charge in [0.25, 0.3) is 5.91 Å². The van der Waals surface area contributed by atoms with Gasteiger partial charge in [-0.25, -0.2) is 0 Å². The Morgan fingerprint density at radius 2 is 1.80 bits per heavy atom. The van der Waals surface area contributed by atoms with E-state index in [0.717, 1.165) is 38.5 Å². The minimum atomic E-state index is -0.204. The number of piperidine rings is 1. The minimum absolute atomic E-state index is 0.104. The molecule has 1 atom stereocenters. The molecule has 2 amide bonds. The number of carbonyl (C=O) groups excluding carboxylic acids is 2. The van der Waals surface area contributed by atoms with Gasteiger partial charge in [-0.05, 0) is 38.2 Å². The van der Waals surface area contributed by atoms with Crippen molar-refractivity contribution in [2.45, 2.75) is 64.0 Å². The van der Waals surface area contributed by atoms with Gasteiger partial charge in [0.2, 0.25) is 11.7 Å². The Labute approximate surface area is 177 Å². The molecule has 0 N–H and O–H groups in total. The summed E-state index contributed by atoms with van der Waals surface area (Å²) in [6.45, 7) is 3.09. The van der Waals surface area contributed by atoms with Crippen LogP contribution in [-0.2, 0) is 4.79 Å². The third-order valence-corrected chi connectivity index (χ3v) is 7.31. The van der Waals surface area contributed by atoms with E-state index >= 15 is 0 Å². The lowest BCUT2D eigenvalue weighted by atomic mass is 9.59. The number of aromatic nitrogens is 1. The van der Waals surface area contributed by atoms with Crippen LogP contribution in [0.1, 0.15) is 72.8 Å². The maximum Gasteiger partial charge on any atom is 0.292 e. The van der Waals surface area contributed by atoms with Crippen molar-refractivity contribution in [1.29, 1.82) is 0 Å². The van der Waals surface area contributed by atoms with E-state index < -0.39 is 0 Å². The van der Waals surface area contributed by atoms with E-state index in [4.69, 9.17) is 4.52 Å². The topological polar surface area (TPSA) is 66.7 Å². The number of amides is 2. The molecule has 3 heterocycles. The monoisotopic (exact) mass is 407 g/mol. The van der Waals surface area contributed by atoms with Gasteiger partial charge in [-0.15, -0.1) is 0 Å². The van der Waals surface area contributed by atoms with Crippen LogP contribution in [0.25, 0.3) is 0 Å². The van der Waals surface area contributed by atoms with Crippen LogP contribution < -0.4 is 0 Å². The van der Waals surface area contributed by atoms with Crippen molar-refractivity contribution < 1.29 is 14.1 Å². The molecule has 1 aromatic heterocycles. The molecule has 1 saturated carbocycles. The van der Waals surface area contributed by atoms with Crippen LogP contribution in [0, 0.1) is 12.3 Å². The lowest BCUT2D eigenvalue weighted by Gasteiger charge is -2.61. The van der Waals surface area contributed by atoms with Crippen molar-refractivity contribution in [3.05, 3.63) is 53.4 Å². The van der Waals surface area contributed by atoms with Crippen molar-refractivity contribution in [2.24, 2.45) is 5.41 Å². The second-order valence-electron chi connectivity index (χ2n) is 9.10. The molecule has 2 aliphatic heterocycles. The molecule has 1 spiro atoms. The molecule has 2 aromatic rings. The Morgan fingerprint density at radius 3 is 2.43 bits per heavy atom. The van der Waals surface area contributed by atoms with E-state index in [9.17, 15) is 9.59 Å². The molecule has 3 aliphatic rings. The second-order valence-corrected chi connectivity index (χ2v) is 9.10. The summed E-state index contributed by atoms with van der Waals surface area (Å²) in [7, 11) is 0. The molecule has 1 aromatic carbocycles. The highest BCUT2D eigenvalue weighted by atomic mass is 16.5. The van der Waals surface area contributed by atoms with E-state index in [1.54, 1.807) is 6.07 Å². The van der Waals surface area contributed by atoms with Gasteiger partial charge in [-0.2, -0.15) is 0 Å². The lowest BCUT2D eigenvalue weighted by molar-refractivity contribution is -0.186. The van der Waals surface area contributed by atoms with Crippen molar-refractivity contribution in [3.8, 4) is 0 Å². The smallest absolute Gasteiger partial charge is 0.292 e. The Hall–Kier alpha value is -2.63. The number of benzene rings is 1. The molecule has 2 saturated heterocycles. The molecule has 1 aliphatic carbocycles. The van der Waals surface area contributed by atoms with Crippen LogP contribution in [0.5, 0.6) is 0 Å². The van der Waals surface area contributed by atoms with Crippen molar-refractivity contribution >= 4 is 11.8 Å². The summed E-state index contributed by atoms with van der Waals surface area (Å²) in [6.07, 6.45) is 7.15. The van der Waals surface area contributed by atoms with Gasteiger partial charge in [-0.1, -0.05) is 54.8 Å². The summed E-state index contributed by atoms with van der Waals surface area (Å²) < 4.78 is 5.15. The van der Waals surface area contributed by atoms with Crippen LogP contribution in [0.15, 0.2) is 40.9 Å². The average molecular weight is 408 g/mol. The van der Waals surface area contributed by atoms with E-state index in [1.807, 2.05) is 17.9 Å². The van der Waals surface area contributed by atoms with Gasteiger partial charge in [0, 0.05) is 25.2 Å². The fourth-order valence-corrected chi connectivity index (χ4v) is 5.82. The third-order valence-electron chi connectivity index (χ3n) is 7.31. The summed E-state index contributed by atoms with van der Waals surface area (Å²) in [5.41, 5.74) is 1.77. The van der Waals surface area contributed by atoms with Gasteiger partial charge in [0.1, 0.15) is 0 Å². The van der Waals surface area contributed by atoms with E-state index in [-0.39, 0.29) is 23.4 Å². The number of rotatable bonds is 3. The first-order valence-corrected chi connectivity index (χ1v) is 11.2. The number of hydrogen-bond donors (Lipinski definition) is 0. The average Bonchev–Trinajstić information content (AvgIpc) is 3.24. The zero-order chi connectivity index (χ0) is 20.7. The van der Waals surface area contributed by atoms with Crippen LogP contribution >= 0.6 is 0 Å². The van der Waals surface area contributed by atoms with Crippen molar-refractivity contribution in [3.63, 3.8) is 0 Å². The van der Waals surface area contributed by atoms with E-state index in [1.165, 1.54) is 12.0 Å². The van der Waals surface area contributed by atoms with Crippen LogP contribution in [0.3, 0.4) is 0 Å². The molecule has 3 fully saturated rings. The quantitative estimate of drug-likeness (QED) is 0.718. The summed E-state index contributed by atoms with van der Waals surface area (Å²) in [5.74, 6) is 0.535. The van der Waals surface area contributed by atoms with Crippen LogP contribution in [-0.4, -0.2) is 45.9 Å². The Balaban J connectivity index is 1.32. The fraction of sp³-hybridized carbons (Fsp3) is 0.542. The predicted molar refractivity (Wildman–Crippen MR) is 112 cm³/mol. The molecule has 30 heavy (non-hydrogen) atoms. The van der Waals surface area contributed by atoms with Crippen LogP contribution in [0.4, 0.5) is 0 Å². The molecule has 158 valence electrons. The van der Waals surface area contributed by atoms with E-state index in [2.05, 4.69) is 34.3 Å². The zero-order valence-electron chi connectivity index (χ0n) is 17.5. The van der Waals surface area contributed by atoms with Gasteiger partial charge in [0.05, 0.1) is 17.2 Å². The van der Waals surface area contributed by atoms with E-state index in [0.29, 0.717) is 30.5 Å². The second kappa shape index (κ2) is 7.56. The molecule has 6 nitrogen and oxygen atoms in total. The maximum atomic E-state index is 13.5. The standard InChI is InChI=1S/C24H29N3O3/c1-17-16-20(30-25-17)22(28)26-14-10-19(11-15-26)27-21(18-8-4-2-5-9-18)24(23(27)29)12-6-3-7-13-24/h2,4-5,8-9,16,19,21H,3,6-7,10-15H2,1H3. The number of nitrogens with zero attached hydrogens (tertiary/aromatic N) is 3. The normalized spacial score (nSPS) is 24.2. The Kier molecular flexibility index (Phi) is 4.88. The van der Waals surface area contributed by atoms with Crippen LogP contribution in [0.2, 0.25) is 0 Å². The van der Waals surface area contributed by atoms with Gasteiger partial charge in [0.15, 0.2) is 0 Å². The van der Waals surface area contributed by atoms with Crippen molar-refractivity contribution in [2.75, 3.05) is 13.1 Å². The highest BCUT2D eigenvalue weighted by molar-refractivity contribution is 5.92. The minimum Gasteiger partial charge on any atom is -0.351 e. The first-order chi connectivity index (χ1) is 14.6. The number of hydrogen-bond acceptors (Lipinski definition) is 4. The lowest BCUT2D eigenvalue weighted by Crippen LogP contribution is -2.67. The Morgan fingerprint density at radius 1 is 1.10 bits per heavy atom. The molecule has 1 unspecified atom stereocenters. The number of aryl methyl sites for hydroxylation is 1. The summed E-state index contributed by atoms with van der Waals surface area (Å²) in [5, 5.41) is 3.82. The van der Waals surface area contributed by atoms with Crippen molar-refractivity contribution in [1.82, 2.24) is 15.0 Å². The molecular weight excluding hydrogens is 378 g/mol. The largest absolute Gasteiger partial charge is 0.351 e. The summed E-state index contributed by atoms with van der Waals surface area (Å²) in [6, 6.07) is 12.6. The first kappa shape index (κ1) is 19.3. The number of likely N-dealkylation sites (tertiary alicyclic amines) is 2. The first-order valence-electron chi connectivity index (χ1n) is 11.2. The summed E-state index contributed by atoms with van der Waals surface area (Å²) in [4.78, 5) is 30.1. The molecular formula is C24H29N3O3. The molecule has 0 radical (unpaired) electrons. The molecule has 5 rings (SSSR count). The van der Waals surface area contributed by atoms with Gasteiger partial charge in [-0.3, -0.25) is 9.59 Å². The Bertz CT molecular complexity index is 924. The molecule has 0 bridgehead atoms. The maximum absolute atomic E-state index is 13.5. The third kappa shape index (κ3) is 3.04. The highest BCUT2D eigenvalue weighted by Crippen LogP contribution is 2.59. The predicted octanol–water partition coefficient (Wildman–Crippen LogP) is 4.12.